The van der Waals surface area contributed by atoms with E-state index in [0.717, 1.165) is 12.2 Å². The van der Waals surface area contributed by atoms with Crippen LogP contribution in [0.1, 0.15) is 41.7 Å². The number of fused-ring (bicyclic) bond motifs is 5. The fourth-order valence-corrected chi connectivity index (χ4v) is 3.37. The molecule has 0 spiro atoms. The topological polar surface area (TPSA) is 29.3 Å². The summed E-state index contributed by atoms with van der Waals surface area (Å²) in [4.78, 5) is 6.79. The zero-order valence-electron chi connectivity index (χ0n) is 9.54. The molecule has 2 atom stereocenters. The van der Waals surface area contributed by atoms with Gasteiger partial charge < -0.3 is 4.42 Å². The Morgan fingerprint density at radius 1 is 1.18 bits per heavy atom. The van der Waals surface area contributed by atoms with Gasteiger partial charge in [-0.25, -0.2) is 4.98 Å². The molecule has 3 nitrogen and oxygen atoms in total. The third-order valence-corrected chi connectivity index (χ3v) is 4.06. The molecule has 17 heavy (non-hydrogen) atoms. The van der Waals surface area contributed by atoms with Crippen LogP contribution in [-0.2, 0) is 6.54 Å². The fourth-order valence-electron chi connectivity index (χ4n) is 3.37. The average Bonchev–Trinajstić information content (AvgIpc) is 3.06. The molecule has 1 aromatic carbocycles. The summed E-state index contributed by atoms with van der Waals surface area (Å²) >= 11 is 0. The summed E-state index contributed by atoms with van der Waals surface area (Å²) in [7, 11) is 0. The molecule has 2 unspecified atom stereocenters. The van der Waals surface area contributed by atoms with Gasteiger partial charge in [-0.3, -0.25) is 4.90 Å². The van der Waals surface area contributed by atoms with Crippen molar-refractivity contribution in [1.82, 2.24) is 9.88 Å². The predicted octanol–water partition coefficient (Wildman–Crippen LogP) is 3.07. The van der Waals surface area contributed by atoms with E-state index in [1.165, 1.54) is 30.4 Å². The van der Waals surface area contributed by atoms with Gasteiger partial charge in [0.2, 0.25) is 0 Å². The molecule has 0 aliphatic carbocycles. The minimum Gasteiger partial charge on any atom is -0.451 e. The molecule has 2 aliphatic rings. The Hall–Kier alpha value is -1.61. The van der Waals surface area contributed by atoms with Crippen molar-refractivity contribution in [2.75, 3.05) is 0 Å². The van der Waals surface area contributed by atoms with Gasteiger partial charge in [0.15, 0.2) is 6.39 Å². The van der Waals surface area contributed by atoms with Gasteiger partial charge in [0.05, 0.1) is 5.69 Å². The second kappa shape index (κ2) is 3.44. The molecule has 1 saturated heterocycles. The van der Waals surface area contributed by atoms with Crippen molar-refractivity contribution in [1.29, 1.82) is 0 Å². The quantitative estimate of drug-likeness (QED) is 0.788. The van der Waals surface area contributed by atoms with Crippen molar-refractivity contribution < 1.29 is 4.42 Å². The largest absolute Gasteiger partial charge is 0.451 e. The summed E-state index contributed by atoms with van der Waals surface area (Å²) in [6.07, 6.45) is 5.82. The minimum absolute atomic E-state index is 0.591. The molecular weight excluding hydrogens is 212 g/mol. The highest BCUT2D eigenvalue weighted by atomic mass is 16.3. The van der Waals surface area contributed by atoms with Crippen LogP contribution in [0, 0.1) is 0 Å². The van der Waals surface area contributed by atoms with Crippen molar-refractivity contribution in [3.63, 3.8) is 0 Å². The number of oxazole rings is 1. The second-order valence-corrected chi connectivity index (χ2v) is 4.89. The van der Waals surface area contributed by atoms with E-state index in [2.05, 4.69) is 34.1 Å². The third kappa shape index (κ3) is 1.29. The number of rotatable bonds is 2. The standard InChI is InChI=1S/C14H14N2O/c1-2-4-12-11(3-1)13-5-6-14(12)16(13)7-10-8-17-9-15-10/h1-4,8-9,13-14H,5-7H2. The van der Waals surface area contributed by atoms with E-state index in [0.29, 0.717) is 12.1 Å². The van der Waals surface area contributed by atoms with Gasteiger partial charge >= 0.3 is 0 Å². The van der Waals surface area contributed by atoms with E-state index in [-0.39, 0.29) is 0 Å². The molecule has 3 heterocycles. The Morgan fingerprint density at radius 3 is 2.47 bits per heavy atom. The smallest absolute Gasteiger partial charge is 0.180 e. The number of hydrogen-bond donors (Lipinski definition) is 0. The van der Waals surface area contributed by atoms with Crippen LogP contribution in [0.25, 0.3) is 0 Å². The van der Waals surface area contributed by atoms with Crippen LogP contribution in [-0.4, -0.2) is 9.88 Å². The highest BCUT2D eigenvalue weighted by Gasteiger charge is 2.43. The highest BCUT2D eigenvalue weighted by molar-refractivity contribution is 5.40. The zero-order valence-corrected chi connectivity index (χ0v) is 9.54. The van der Waals surface area contributed by atoms with Crippen LogP contribution >= 0.6 is 0 Å². The summed E-state index contributed by atoms with van der Waals surface area (Å²) in [6.45, 7) is 0.903. The molecule has 0 saturated carbocycles. The van der Waals surface area contributed by atoms with Crippen molar-refractivity contribution in [3.8, 4) is 0 Å². The van der Waals surface area contributed by atoms with Crippen LogP contribution in [0.15, 0.2) is 41.3 Å². The Morgan fingerprint density at radius 2 is 1.88 bits per heavy atom. The van der Waals surface area contributed by atoms with Crippen LogP contribution in [0.2, 0.25) is 0 Å². The van der Waals surface area contributed by atoms with Crippen LogP contribution < -0.4 is 0 Å². The second-order valence-electron chi connectivity index (χ2n) is 4.89. The van der Waals surface area contributed by atoms with Gasteiger partial charge in [-0.15, -0.1) is 0 Å². The van der Waals surface area contributed by atoms with Gasteiger partial charge in [-0.2, -0.15) is 0 Å². The summed E-state index contributed by atoms with van der Waals surface area (Å²) in [5.41, 5.74) is 4.08. The molecule has 2 aromatic rings. The van der Waals surface area contributed by atoms with E-state index >= 15 is 0 Å². The lowest BCUT2D eigenvalue weighted by molar-refractivity contribution is 0.211. The lowest BCUT2D eigenvalue weighted by atomic mass is 9.92. The van der Waals surface area contributed by atoms with Crippen LogP contribution in [0.4, 0.5) is 0 Å². The molecule has 0 radical (unpaired) electrons. The Balaban J connectivity index is 1.69. The Labute approximate surface area is 100 Å². The number of hydrogen-bond acceptors (Lipinski definition) is 3. The van der Waals surface area contributed by atoms with E-state index in [1.54, 1.807) is 6.26 Å². The number of nitrogens with zero attached hydrogens (tertiary/aromatic N) is 2. The maximum Gasteiger partial charge on any atom is 0.180 e. The lowest BCUT2D eigenvalue weighted by Gasteiger charge is -2.20. The highest BCUT2D eigenvalue weighted by Crippen LogP contribution is 2.53. The first-order valence-electron chi connectivity index (χ1n) is 6.15. The lowest BCUT2D eigenvalue weighted by Crippen LogP contribution is -2.19. The number of aromatic nitrogens is 1. The molecule has 2 aliphatic heterocycles. The van der Waals surface area contributed by atoms with Crippen molar-refractivity contribution >= 4 is 0 Å². The molecule has 0 N–H and O–H groups in total. The van der Waals surface area contributed by atoms with Gasteiger partial charge in [0.25, 0.3) is 0 Å². The van der Waals surface area contributed by atoms with Crippen molar-refractivity contribution in [2.45, 2.75) is 31.5 Å². The SMILES string of the molecule is c1ccc2c(c1)C1CCC2N1Cc1cocn1. The summed E-state index contributed by atoms with van der Waals surface area (Å²) in [5, 5.41) is 0. The third-order valence-electron chi connectivity index (χ3n) is 4.06. The maximum absolute atomic E-state index is 5.06. The zero-order chi connectivity index (χ0) is 11.2. The van der Waals surface area contributed by atoms with Gasteiger partial charge in [-0.1, -0.05) is 24.3 Å². The summed E-state index contributed by atoms with van der Waals surface area (Å²) in [5.74, 6) is 0. The average molecular weight is 226 g/mol. The number of benzene rings is 1. The molecule has 2 bridgehead atoms. The Bertz CT molecular complexity index is 504. The van der Waals surface area contributed by atoms with Gasteiger partial charge in [-0.05, 0) is 24.0 Å². The van der Waals surface area contributed by atoms with E-state index in [4.69, 9.17) is 4.42 Å². The monoisotopic (exact) mass is 226 g/mol. The maximum atomic E-state index is 5.06. The summed E-state index contributed by atoms with van der Waals surface area (Å²) < 4.78 is 5.06. The van der Waals surface area contributed by atoms with E-state index < -0.39 is 0 Å². The molecule has 1 aromatic heterocycles. The fraction of sp³-hybridized carbons (Fsp3) is 0.357. The minimum atomic E-state index is 0.591. The molecule has 4 rings (SSSR count). The first-order chi connectivity index (χ1) is 8.43. The van der Waals surface area contributed by atoms with Crippen molar-refractivity contribution in [2.24, 2.45) is 0 Å². The van der Waals surface area contributed by atoms with Crippen molar-refractivity contribution in [3.05, 3.63) is 53.7 Å². The molecule has 3 heteroatoms. The molecule has 1 fully saturated rings. The first kappa shape index (κ1) is 9.42. The first-order valence-corrected chi connectivity index (χ1v) is 6.15. The molecule has 0 amide bonds. The van der Waals surface area contributed by atoms with E-state index in [1.807, 2.05) is 0 Å². The predicted molar refractivity (Wildman–Crippen MR) is 63.2 cm³/mol. The van der Waals surface area contributed by atoms with Gasteiger partial charge in [0, 0.05) is 18.6 Å². The molecular formula is C14H14N2O. The molecule has 86 valence electrons. The summed E-state index contributed by atoms with van der Waals surface area (Å²) in [6, 6.07) is 10.0. The Kier molecular flexibility index (Phi) is 1.91. The van der Waals surface area contributed by atoms with Crippen LogP contribution in [0.3, 0.4) is 0 Å². The van der Waals surface area contributed by atoms with Crippen LogP contribution in [0.5, 0.6) is 0 Å². The normalized spacial score (nSPS) is 26.4. The van der Waals surface area contributed by atoms with Gasteiger partial charge in [0.1, 0.15) is 6.26 Å². The van der Waals surface area contributed by atoms with E-state index in [9.17, 15) is 0 Å².